The molecular weight excluding hydrogens is 293 g/mol. The molecule has 1 aliphatic rings. The van der Waals surface area contributed by atoms with Gasteiger partial charge in [-0.25, -0.2) is 23.1 Å². The van der Waals surface area contributed by atoms with Gasteiger partial charge in [0.25, 0.3) is 0 Å². The Morgan fingerprint density at radius 1 is 0.955 bits per heavy atom. The third-order valence-corrected chi connectivity index (χ3v) is 3.67. The van der Waals surface area contributed by atoms with Crippen LogP contribution in [0.15, 0.2) is 24.5 Å². The smallest absolute Gasteiger partial charge is 0.196 e. The van der Waals surface area contributed by atoms with Gasteiger partial charge in [-0.1, -0.05) is 12.8 Å². The monoisotopic (exact) mass is 308 g/mol. The van der Waals surface area contributed by atoms with Crippen LogP contribution in [0.5, 0.6) is 0 Å². The molecule has 4 nitrogen and oxygen atoms in total. The van der Waals surface area contributed by atoms with Crippen LogP contribution in [0.25, 0.3) is 0 Å². The predicted molar refractivity (Wildman–Crippen MR) is 77.5 cm³/mol. The molecule has 0 unspecified atom stereocenters. The van der Waals surface area contributed by atoms with E-state index in [0.29, 0.717) is 17.7 Å². The molecule has 22 heavy (non-hydrogen) atoms. The molecule has 2 N–H and O–H groups in total. The van der Waals surface area contributed by atoms with Crippen LogP contribution in [0.3, 0.4) is 0 Å². The summed E-state index contributed by atoms with van der Waals surface area (Å²) in [5, 5.41) is 5.92. The maximum Gasteiger partial charge on any atom is 0.196 e. The van der Waals surface area contributed by atoms with Crippen molar-refractivity contribution in [1.29, 1.82) is 0 Å². The minimum Gasteiger partial charge on any atom is -0.367 e. The highest BCUT2D eigenvalue weighted by Crippen LogP contribution is 2.25. The predicted octanol–water partition coefficient (Wildman–Crippen LogP) is 3.99. The molecule has 1 heterocycles. The third-order valence-electron chi connectivity index (χ3n) is 3.67. The van der Waals surface area contributed by atoms with Crippen LogP contribution in [0.1, 0.15) is 25.7 Å². The van der Waals surface area contributed by atoms with E-state index >= 15 is 0 Å². The fraction of sp³-hybridized carbons (Fsp3) is 0.333. The number of hydrogen-bond donors (Lipinski definition) is 2. The van der Waals surface area contributed by atoms with Crippen LogP contribution < -0.4 is 10.6 Å². The Balaban J connectivity index is 1.76. The van der Waals surface area contributed by atoms with E-state index in [9.17, 15) is 13.2 Å². The van der Waals surface area contributed by atoms with E-state index in [1.165, 1.54) is 19.2 Å². The number of aromatic nitrogens is 2. The summed E-state index contributed by atoms with van der Waals surface area (Å²) in [6.45, 7) is 0. The van der Waals surface area contributed by atoms with Crippen molar-refractivity contribution < 1.29 is 13.2 Å². The minimum absolute atomic E-state index is 0.176. The molecule has 1 aliphatic carbocycles. The van der Waals surface area contributed by atoms with Crippen LogP contribution >= 0.6 is 0 Å². The van der Waals surface area contributed by atoms with Gasteiger partial charge in [0.2, 0.25) is 0 Å². The molecule has 0 amide bonds. The molecule has 1 aromatic heterocycles. The van der Waals surface area contributed by atoms with Gasteiger partial charge in [0.15, 0.2) is 17.5 Å². The second-order valence-corrected chi connectivity index (χ2v) is 5.26. The molecule has 0 bridgehead atoms. The molecule has 0 saturated heterocycles. The molecule has 2 aromatic rings. The molecule has 116 valence electrons. The molecular formula is C15H15F3N4. The van der Waals surface area contributed by atoms with Gasteiger partial charge in [0, 0.05) is 12.1 Å². The Morgan fingerprint density at radius 3 is 2.45 bits per heavy atom. The first-order chi connectivity index (χ1) is 10.6. The lowest BCUT2D eigenvalue weighted by atomic mass is 10.2. The number of hydrogen-bond acceptors (Lipinski definition) is 4. The van der Waals surface area contributed by atoms with Gasteiger partial charge in [-0.05, 0) is 25.0 Å². The van der Waals surface area contributed by atoms with Gasteiger partial charge in [-0.2, -0.15) is 0 Å². The summed E-state index contributed by atoms with van der Waals surface area (Å²) in [5.74, 6) is -3.09. The lowest BCUT2D eigenvalue weighted by Gasteiger charge is -2.13. The number of nitrogens with one attached hydrogen (secondary N) is 2. The van der Waals surface area contributed by atoms with Crippen molar-refractivity contribution in [2.45, 2.75) is 31.7 Å². The average molecular weight is 308 g/mol. The molecule has 1 saturated carbocycles. The second kappa shape index (κ2) is 6.21. The highest BCUT2D eigenvalue weighted by molar-refractivity contribution is 5.59. The van der Waals surface area contributed by atoms with Crippen molar-refractivity contribution in [2.24, 2.45) is 0 Å². The van der Waals surface area contributed by atoms with Crippen LogP contribution in [0, 0.1) is 17.5 Å². The number of halogens is 3. The van der Waals surface area contributed by atoms with Crippen molar-refractivity contribution >= 4 is 17.3 Å². The number of nitrogens with zero attached hydrogens (tertiary/aromatic N) is 2. The lowest BCUT2D eigenvalue weighted by molar-refractivity contribution is 0.449. The van der Waals surface area contributed by atoms with Crippen LogP contribution in [-0.2, 0) is 0 Å². The first kappa shape index (κ1) is 14.6. The van der Waals surface area contributed by atoms with Crippen molar-refractivity contribution in [3.63, 3.8) is 0 Å². The number of rotatable bonds is 4. The van der Waals surface area contributed by atoms with Gasteiger partial charge in [-0.15, -0.1) is 0 Å². The van der Waals surface area contributed by atoms with Crippen LogP contribution in [0.4, 0.5) is 30.5 Å². The van der Waals surface area contributed by atoms with Gasteiger partial charge in [-0.3, -0.25) is 0 Å². The van der Waals surface area contributed by atoms with E-state index in [-0.39, 0.29) is 5.69 Å². The van der Waals surface area contributed by atoms with E-state index in [1.807, 2.05) is 0 Å². The Kier molecular flexibility index (Phi) is 4.13. The molecule has 7 heteroatoms. The van der Waals surface area contributed by atoms with E-state index in [4.69, 9.17) is 0 Å². The van der Waals surface area contributed by atoms with E-state index in [1.54, 1.807) is 6.07 Å². The van der Waals surface area contributed by atoms with E-state index < -0.39 is 17.5 Å². The zero-order chi connectivity index (χ0) is 15.5. The van der Waals surface area contributed by atoms with E-state index in [2.05, 4.69) is 20.6 Å². The van der Waals surface area contributed by atoms with Crippen molar-refractivity contribution in [3.8, 4) is 0 Å². The Hall–Kier alpha value is -2.31. The Labute approximate surface area is 125 Å². The standard InChI is InChI=1S/C15H15F3N4/c16-10-5-6-11(15(18)14(10)17)22-13-7-12(19-8-20-13)21-9-3-1-2-4-9/h5-9H,1-4H2,(H2,19,20,21,22). The minimum atomic E-state index is -1.51. The summed E-state index contributed by atoms with van der Waals surface area (Å²) < 4.78 is 39.8. The highest BCUT2D eigenvalue weighted by Gasteiger charge is 2.16. The van der Waals surface area contributed by atoms with Crippen molar-refractivity contribution in [1.82, 2.24) is 9.97 Å². The lowest BCUT2D eigenvalue weighted by Crippen LogP contribution is -2.15. The maximum absolute atomic E-state index is 13.6. The second-order valence-electron chi connectivity index (χ2n) is 5.26. The van der Waals surface area contributed by atoms with Crippen LogP contribution in [-0.4, -0.2) is 16.0 Å². The SMILES string of the molecule is Fc1ccc(Nc2cc(NC3CCCC3)ncn2)c(F)c1F. The molecule has 0 atom stereocenters. The van der Waals surface area contributed by atoms with Gasteiger partial charge in [0.05, 0.1) is 5.69 Å². The first-order valence-electron chi connectivity index (χ1n) is 7.12. The Bertz CT molecular complexity index is 672. The molecule has 1 fully saturated rings. The zero-order valence-electron chi connectivity index (χ0n) is 11.7. The molecule has 0 radical (unpaired) electrons. The summed E-state index contributed by atoms with van der Waals surface area (Å²) >= 11 is 0. The van der Waals surface area contributed by atoms with Crippen molar-refractivity contribution in [3.05, 3.63) is 42.0 Å². The largest absolute Gasteiger partial charge is 0.367 e. The highest BCUT2D eigenvalue weighted by atomic mass is 19.2. The van der Waals surface area contributed by atoms with Gasteiger partial charge >= 0.3 is 0 Å². The quantitative estimate of drug-likeness (QED) is 0.839. The molecule has 1 aromatic carbocycles. The van der Waals surface area contributed by atoms with Crippen molar-refractivity contribution in [2.75, 3.05) is 10.6 Å². The van der Waals surface area contributed by atoms with Gasteiger partial charge < -0.3 is 10.6 Å². The maximum atomic E-state index is 13.6. The zero-order valence-corrected chi connectivity index (χ0v) is 11.7. The normalized spacial score (nSPS) is 15.0. The third kappa shape index (κ3) is 3.13. The molecule has 3 rings (SSSR count). The summed E-state index contributed by atoms with van der Waals surface area (Å²) in [4.78, 5) is 8.07. The van der Waals surface area contributed by atoms with E-state index in [0.717, 1.165) is 25.0 Å². The first-order valence-corrected chi connectivity index (χ1v) is 7.12. The van der Waals surface area contributed by atoms with Gasteiger partial charge in [0.1, 0.15) is 18.0 Å². The fourth-order valence-corrected chi connectivity index (χ4v) is 2.54. The summed E-state index contributed by atoms with van der Waals surface area (Å²) in [5.41, 5.74) is -0.176. The molecule has 0 aliphatic heterocycles. The average Bonchev–Trinajstić information content (AvgIpc) is 3.01. The van der Waals surface area contributed by atoms with Crippen LogP contribution in [0.2, 0.25) is 0 Å². The topological polar surface area (TPSA) is 49.8 Å². The molecule has 0 spiro atoms. The summed E-state index contributed by atoms with van der Waals surface area (Å²) in [6, 6.07) is 3.97. The number of anilines is 3. The summed E-state index contributed by atoms with van der Waals surface area (Å²) in [7, 11) is 0. The number of benzene rings is 1. The Morgan fingerprint density at radius 2 is 1.68 bits per heavy atom. The fourth-order valence-electron chi connectivity index (χ4n) is 2.54. The summed E-state index contributed by atoms with van der Waals surface area (Å²) in [6.07, 6.45) is 5.88.